The van der Waals surface area contributed by atoms with Crippen LogP contribution in [0.1, 0.15) is 6.42 Å². The van der Waals surface area contributed by atoms with Crippen molar-refractivity contribution in [2.24, 2.45) is 5.92 Å². The Labute approximate surface area is 90.1 Å². The van der Waals surface area contributed by atoms with Crippen molar-refractivity contribution in [2.75, 3.05) is 45.9 Å². The van der Waals surface area contributed by atoms with E-state index in [1.165, 1.54) is 6.42 Å². The largest absolute Gasteiger partial charge is 0.378 e. The van der Waals surface area contributed by atoms with Crippen molar-refractivity contribution in [1.82, 2.24) is 15.5 Å². The van der Waals surface area contributed by atoms with Crippen LogP contribution in [0.3, 0.4) is 0 Å². The van der Waals surface area contributed by atoms with Crippen molar-refractivity contribution in [3.8, 4) is 0 Å². The minimum absolute atomic E-state index is 0.0604. The van der Waals surface area contributed by atoms with Crippen molar-refractivity contribution < 1.29 is 9.53 Å². The molecule has 15 heavy (non-hydrogen) atoms. The molecule has 5 nitrogen and oxygen atoms in total. The maximum atomic E-state index is 11.7. The van der Waals surface area contributed by atoms with Crippen molar-refractivity contribution in [2.45, 2.75) is 6.42 Å². The molecule has 0 spiro atoms. The van der Waals surface area contributed by atoms with Crippen LogP contribution in [0, 0.1) is 5.92 Å². The highest BCUT2D eigenvalue weighted by molar-refractivity contribution is 5.74. The van der Waals surface area contributed by atoms with Gasteiger partial charge in [0.05, 0.1) is 13.2 Å². The van der Waals surface area contributed by atoms with Crippen LogP contribution in [0.25, 0.3) is 0 Å². The predicted octanol–water partition coefficient (Wildman–Crippen LogP) is -0.362. The SMILES string of the molecule is O=C(NCC1CCNC1)N1CCOCC1. The molecule has 0 aromatic heterocycles. The Morgan fingerprint density at radius 1 is 1.47 bits per heavy atom. The average molecular weight is 213 g/mol. The molecule has 0 bridgehead atoms. The molecule has 0 aliphatic carbocycles. The van der Waals surface area contributed by atoms with E-state index in [-0.39, 0.29) is 6.03 Å². The molecular formula is C10H19N3O2. The van der Waals surface area contributed by atoms with Gasteiger partial charge in [0.1, 0.15) is 0 Å². The lowest BCUT2D eigenvalue weighted by Crippen LogP contribution is -2.47. The summed E-state index contributed by atoms with van der Waals surface area (Å²) in [5, 5.41) is 6.28. The van der Waals surface area contributed by atoms with E-state index in [0.717, 1.165) is 32.7 Å². The Bertz CT molecular complexity index is 211. The molecule has 1 atom stereocenters. The molecule has 2 heterocycles. The first kappa shape index (κ1) is 10.7. The summed E-state index contributed by atoms with van der Waals surface area (Å²) in [5.74, 6) is 0.606. The van der Waals surface area contributed by atoms with E-state index in [2.05, 4.69) is 10.6 Å². The number of urea groups is 1. The fourth-order valence-corrected chi connectivity index (χ4v) is 2.00. The van der Waals surface area contributed by atoms with Crippen LogP contribution in [0.15, 0.2) is 0 Å². The Balaban J connectivity index is 1.66. The minimum Gasteiger partial charge on any atom is -0.378 e. The summed E-state index contributed by atoms with van der Waals surface area (Å²) >= 11 is 0. The van der Waals surface area contributed by atoms with Crippen LogP contribution in [-0.2, 0) is 4.74 Å². The fraction of sp³-hybridized carbons (Fsp3) is 0.900. The van der Waals surface area contributed by atoms with Crippen LogP contribution < -0.4 is 10.6 Å². The number of nitrogens with one attached hydrogen (secondary N) is 2. The van der Waals surface area contributed by atoms with Crippen molar-refractivity contribution in [3.05, 3.63) is 0 Å². The van der Waals surface area contributed by atoms with Crippen molar-refractivity contribution >= 4 is 6.03 Å². The summed E-state index contributed by atoms with van der Waals surface area (Å²) in [6.07, 6.45) is 1.17. The zero-order valence-corrected chi connectivity index (χ0v) is 9.00. The number of ether oxygens (including phenoxy) is 1. The Morgan fingerprint density at radius 2 is 2.27 bits per heavy atom. The Morgan fingerprint density at radius 3 is 2.93 bits per heavy atom. The summed E-state index contributed by atoms with van der Waals surface area (Å²) in [5.41, 5.74) is 0. The van der Waals surface area contributed by atoms with E-state index in [0.29, 0.717) is 19.1 Å². The van der Waals surface area contributed by atoms with E-state index in [4.69, 9.17) is 4.74 Å². The lowest BCUT2D eigenvalue weighted by Gasteiger charge is -2.27. The fourth-order valence-electron chi connectivity index (χ4n) is 2.00. The normalized spacial score (nSPS) is 26.7. The van der Waals surface area contributed by atoms with Gasteiger partial charge in [-0.3, -0.25) is 0 Å². The molecule has 2 rings (SSSR count). The van der Waals surface area contributed by atoms with Gasteiger partial charge in [0, 0.05) is 19.6 Å². The van der Waals surface area contributed by atoms with Gasteiger partial charge in [-0.25, -0.2) is 4.79 Å². The van der Waals surface area contributed by atoms with Gasteiger partial charge < -0.3 is 20.3 Å². The van der Waals surface area contributed by atoms with Crippen LogP contribution in [0.2, 0.25) is 0 Å². The summed E-state index contributed by atoms with van der Waals surface area (Å²) in [7, 11) is 0. The quantitative estimate of drug-likeness (QED) is 0.658. The second-order valence-corrected chi connectivity index (χ2v) is 4.14. The van der Waals surface area contributed by atoms with Gasteiger partial charge in [-0.15, -0.1) is 0 Å². The van der Waals surface area contributed by atoms with Gasteiger partial charge in [-0.2, -0.15) is 0 Å². The number of nitrogens with zero attached hydrogens (tertiary/aromatic N) is 1. The third-order valence-electron chi connectivity index (χ3n) is 3.00. The molecule has 5 heteroatoms. The van der Waals surface area contributed by atoms with E-state index >= 15 is 0 Å². The molecule has 0 radical (unpaired) electrons. The maximum absolute atomic E-state index is 11.7. The van der Waals surface area contributed by atoms with Gasteiger partial charge in [-0.1, -0.05) is 0 Å². The van der Waals surface area contributed by atoms with E-state index < -0.39 is 0 Å². The van der Waals surface area contributed by atoms with Crippen molar-refractivity contribution in [1.29, 1.82) is 0 Å². The van der Waals surface area contributed by atoms with Crippen LogP contribution in [-0.4, -0.2) is 56.9 Å². The van der Waals surface area contributed by atoms with Crippen LogP contribution in [0.4, 0.5) is 4.79 Å². The third kappa shape index (κ3) is 3.07. The summed E-state index contributed by atoms with van der Waals surface area (Å²) < 4.78 is 5.20. The van der Waals surface area contributed by atoms with E-state index in [9.17, 15) is 4.79 Å². The predicted molar refractivity (Wildman–Crippen MR) is 56.8 cm³/mol. The standard InChI is InChI=1S/C10H19N3O2/c14-10(13-3-5-15-6-4-13)12-8-9-1-2-11-7-9/h9,11H,1-8H2,(H,12,14). The number of amides is 2. The molecule has 2 fully saturated rings. The van der Waals surface area contributed by atoms with Gasteiger partial charge in [-0.05, 0) is 25.4 Å². The molecule has 1 unspecified atom stereocenters. The number of rotatable bonds is 2. The highest BCUT2D eigenvalue weighted by Crippen LogP contribution is 2.05. The number of morpholine rings is 1. The maximum Gasteiger partial charge on any atom is 0.317 e. The topological polar surface area (TPSA) is 53.6 Å². The molecular weight excluding hydrogens is 194 g/mol. The molecule has 0 aromatic carbocycles. The van der Waals surface area contributed by atoms with Gasteiger partial charge in [0.15, 0.2) is 0 Å². The van der Waals surface area contributed by atoms with E-state index in [1.807, 2.05) is 4.90 Å². The monoisotopic (exact) mass is 213 g/mol. The average Bonchev–Trinajstić information content (AvgIpc) is 2.80. The molecule has 0 saturated carbocycles. The first-order valence-corrected chi connectivity index (χ1v) is 5.67. The molecule has 2 N–H and O–H groups in total. The summed E-state index contributed by atoms with van der Waals surface area (Å²) in [6.45, 7) is 5.67. The second kappa shape index (κ2) is 5.32. The number of hydrogen-bond acceptors (Lipinski definition) is 3. The molecule has 0 aromatic rings. The molecule has 2 aliphatic rings. The number of hydrogen-bond donors (Lipinski definition) is 2. The van der Waals surface area contributed by atoms with Crippen LogP contribution >= 0.6 is 0 Å². The molecule has 2 aliphatic heterocycles. The zero-order valence-electron chi connectivity index (χ0n) is 9.00. The first-order valence-electron chi connectivity index (χ1n) is 5.67. The Kier molecular flexibility index (Phi) is 3.80. The Hall–Kier alpha value is -0.810. The summed E-state index contributed by atoms with van der Waals surface area (Å²) in [6, 6.07) is 0.0604. The first-order chi connectivity index (χ1) is 7.36. The highest BCUT2D eigenvalue weighted by atomic mass is 16.5. The number of carbonyl (C=O) groups excluding carboxylic acids is 1. The lowest BCUT2D eigenvalue weighted by molar-refractivity contribution is 0.0530. The molecule has 2 saturated heterocycles. The number of carbonyl (C=O) groups is 1. The van der Waals surface area contributed by atoms with E-state index in [1.54, 1.807) is 0 Å². The highest BCUT2D eigenvalue weighted by Gasteiger charge is 2.19. The molecule has 2 amide bonds. The lowest BCUT2D eigenvalue weighted by atomic mass is 10.1. The third-order valence-corrected chi connectivity index (χ3v) is 3.00. The summed E-state index contributed by atoms with van der Waals surface area (Å²) in [4.78, 5) is 13.5. The van der Waals surface area contributed by atoms with Gasteiger partial charge in [0.25, 0.3) is 0 Å². The van der Waals surface area contributed by atoms with Gasteiger partial charge in [0.2, 0.25) is 0 Å². The van der Waals surface area contributed by atoms with Gasteiger partial charge >= 0.3 is 6.03 Å². The van der Waals surface area contributed by atoms with Crippen molar-refractivity contribution in [3.63, 3.8) is 0 Å². The van der Waals surface area contributed by atoms with Crippen LogP contribution in [0.5, 0.6) is 0 Å². The minimum atomic E-state index is 0.0604. The zero-order chi connectivity index (χ0) is 10.5. The molecule has 86 valence electrons. The second-order valence-electron chi connectivity index (χ2n) is 4.14. The smallest absolute Gasteiger partial charge is 0.317 e.